The van der Waals surface area contributed by atoms with E-state index in [1.54, 1.807) is 0 Å². The van der Waals surface area contributed by atoms with Gasteiger partial charge in [-0.25, -0.2) is 4.98 Å². The van der Waals surface area contributed by atoms with E-state index in [1.807, 2.05) is 18.7 Å². The van der Waals surface area contributed by atoms with E-state index in [1.165, 1.54) is 24.0 Å². The fraction of sp³-hybridized carbons (Fsp3) is 0.778. The molecule has 2 N–H and O–H groups in total. The quantitative estimate of drug-likeness (QED) is 0.536. The second-order valence-corrected chi connectivity index (χ2v) is 6.85. The molecular formula is C18H30F3N5O2. The Bertz CT molecular complexity index is 641. The molecule has 1 fully saturated rings. The van der Waals surface area contributed by atoms with E-state index in [2.05, 4.69) is 15.3 Å². The van der Waals surface area contributed by atoms with Crippen LogP contribution in [0.15, 0.2) is 17.4 Å². The van der Waals surface area contributed by atoms with Crippen LogP contribution in [-0.4, -0.2) is 70.6 Å². The first-order valence-electron chi connectivity index (χ1n) is 9.64. The Kier molecular flexibility index (Phi) is 7.70. The molecule has 1 unspecified atom stereocenters. The Labute approximate surface area is 163 Å². The number of hydrogen-bond donors (Lipinski definition) is 2. The Morgan fingerprint density at radius 1 is 1.36 bits per heavy atom. The summed E-state index contributed by atoms with van der Waals surface area (Å²) in [5, 5.41) is 13.5. The van der Waals surface area contributed by atoms with Gasteiger partial charge in [-0.2, -0.15) is 13.2 Å². The highest BCUT2D eigenvalue weighted by Gasteiger charge is 2.57. The number of nitrogens with zero attached hydrogens (tertiary/aromatic N) is 4. The molecule has 28 heavy (non-hydrogen) atoms. The van der Waals surface area contributed by atoms with E-state index in [-0.39, 0.29) is 12.6 Å². The molecule has 0 radical (unpaired) electrons. The zero-order chi connectivity index (χ0) is 20.8. The summed E-state index contributed by atoms with van der Waals surface area (Å²) in [6.07, 6.45) is -0.940. The number of hydrogen-bond acceptors (Lipinski definition) is 4. The van der Waals surface area contributed by atoms with Crippen LogP contribution in [-0.2, 0) is 17.4 Å². The summed E-state index contributed by atoms with van der Waals surface area (Å²) in [7, 11) is 1.43. The Hall–Kier alpha value is -1.81. The van der Waals surface area contributed by atoms with Gasteiger partial charge >= 0.3 is 6.18 Å². The lowest BCUT2D eigenvalue weighted by Crippen LogP contribution is -2.48. The van der Waals surface area contributed by atoms with E-state index in [9.17, 15) is 18.3 Å². The Balaban J connectivity index is 2.08. The topological polar surface area (TPSA) is 74.9 Å². The number of alkyl halides is 3. The lowest BCUT2D eigenvalue weighted by atomic mass is 9.98. The number of rotatable bonds is 7. The third kappa shape index (κ3) is 5.16. The van der Waals surface area contributed by atoms with Crippen molar-refractivity contribution in [3.63, 3.8) is 0 Å². The van der Waals surface area contributed by atoms with Crippen molar-refractivity contribution in [2.75, 3.05) is 32.8 Å². The summed E-state index contributed by atoms with van der Waals surface area (Å²) < 4.78 is 47.6. The zero-order valence-electron chi connectivity index (χ0n) is 16.7. The fourth-order valence-electron chi connectivity index (χ4n) is 3.36. The van der Waals surface area contributed by atoms with Crippen molar-refractivity contribution in [1.82, 2.24) is 19.8 Å². The van der Waals surface area contributed by atoms with Gasteiger partial charge in [-0.1, -0.05) is 0 Å². The molecule has 10 heteroatoms. The molecule has 1 aliphatic rings. The predicted octanol–water partition coefficient (Wildman–Crippen LogP) is 2.03. The maximum Gasteiger partial charge on any atom is 0.424 e. The molecule has 160 valence electrons. The van der Waals surface area contributed by atoms with E-state index < -0.39 is 24.0 Å². The molecule has 2 rings (SSSR count). The van der Waals surface area contributed by atoms with Gasteiger partial charge in [0.1, 0.15) is 5.82 Å². The van der Waals surface area contributed by atoms with Gasteiger partial charge in [0.2, 0.25) is 5.60 Å². The number of aromatic nitrogens is 2. The maximum absolute atomic E-state index is 13.6. The van der Waals surface area contributed by atoms with Gasteiger partial charge in [0.15, 0.2) is 5.96 Å². The van der Waals surface area contributed by atoms with Crippen LogP contribution in [0.2, 0.25) is 0 Å². The average Bonchev–Trinajstić information content (AvgIpc) is 3.07. The second-order valence-electron chi connectivity index (χ2n) is 6.85. The van der Waals surface area contributed by atoms with Gasteiger partial charge in [0, 0.05) is 58.6 Å². The van der Waals surface area contributed by atoms with Gasteiger partial charge < -0.3 is 24.6 Å². The number of piperidine rings is 1. The Morgan fingerprint density at radius 3 is 2.54 bits per heavy atom. The lowest BCUT2D eigenvalue weighted by Gasteiger charge is -2.34. The van der Waals surface area contributed by atoms with Gasteiger partial charge in [0.05, 0.1) is 6.10 Å². The molecule has 0 amide bonds. The molecule has 2 heterocycles. The first kappa shape index (κ1) is 22.5. The van der Waals surface area contributed by atoms with Crippen molar-refractivity contribution in [3.05, 3.63) is 18.2 Å². The summed E-state index contributed by atoms with van der Waals surface area (Å²) in [6, 6.07) is 0. The van der Waals surface area contributed by atoms with E-state index >= 15 is 0 Å². The van der Waals surface area contributed by atoms with Crippen LogP contribution in [0.3, 0.4) is 0 Å². The molecular weight excluding hydrogens is 375 g/mol. The Morgan fingerprint density at radius 2 is 2.04 bits per heavy atom. The van der Waals surface area contributed by atoms with Crippen molar-refractivity contribution in [2.45, 2.75) is 51.0 Å². The monoisotopic (exact) mass is 405 g/mol. The molecule has 0 saturated carbocycles. The summed E-state index contributed by atoms with van der Waals surface area (Å²) in [6.45, 7) is 6.40. The molecule has 0 aromatic carbocycles. The van der Waals surface area contributed by atoms with Crippen molar-refractivity contribution < 1.29 is 23.0 Å². The van der Waals surface area contributed by atoms with Crippen LogP contribution >= 0.6 is 0 Å². The largest absolute Gasteiger partial charge is 0.424 e. The molecule has 1 aliphatic heterocycles. The van der Waals surface area contributed by atoms with E-state index in [0.29, 0.717) is 19.1 Å². The molecule has 1 atom stereocenters. The maximum atomic E-state index is 13.6. The van der Waals surface area contributed by atoms with E-state index in [4.69, 9.17) is 4.74 Å². The summed E-state index contributed by atoms with van der Waals surface area (Å²) in [4.78, 5) is 10.1. The summed E-state index contributed by atoms with van der Waals surface area (Å²) in [5.41, 5.74) is -3.05. The van der Waals surface area contributed by atoms with Crippen LogP contribution < -0.4 is 5.32 Å². The van der Waals surface area contributed by atoms with Gasteiger partial charge in [0.25, 0.3) is 0 Å². The zero-order valence-corrected chi connectivity index (χ0v) is 16.7. The molecule has 1 saturated heterocycles. The summed E-state index contributed by atoms with van der Waals surface area (Å²) in [5.74, 6) is 0.125. The first-order chi connectivity index (χ1) is 13.2. The number of halogens is 3. The highest BCUT2D eigenvalue weighted by Crippen LogP contribution is 2.40. The van der Waals surface area contributed by atoms with Crippen LogP contribution in [0.4, 0.5) is 13.2 Å². The molecule has 0 aliphatic carbocycles. The minimum absolute atomic E-state index is 0.184. The normalized spacial score (nSPS) is 19.0. The highest BCUT2D eigenvalue weighted by molar-refractivity contribution is 5.80. The minimum Gasteiger partial charge on any atom is -0.378 e. The van der Waals surface area contributed by atoms with Crippen molar-refractivity contribution in [2.24, 2.45) is 12.0 Å². The number of guanidine groups is 1. The second kappa shape index (κ2) is 9.60. The van der Waals surface area contributed by atoms with E-state index in [0.717, 1.165) is 25.9 Å². The van der Waals surface area contributed by atoms with Crippen LogP contribution in [0.25, 0.3) is 0 Å². The molecule has 7 nitrogen and oxygen atoms in total. The van der Waals surface area contributed by atoms with Crippen LogP contribution in [0, 0.1) is 0 Å². The number of ether oxygens (including phenoxy) is 1. The summed E-state index contributed by atoms with van der Waals surface area (Å²) >= 11 is 0. The van der Waals surface area contributed by atoms with Gasteiger partial charge in [-0.3, -0.25) is 4.99 Å². The molecule has 0 spiro atoms. The van der Waals surface area contributed by atoms with Gasteiger partial charge in [-0.15, -0.1) is 0 Å². The SMILES string of the molecule is CCNC(=NCCC(O)(c1nccn1C)C(F)(F)F)N1CCC(OCC)CC1. The molecule has 1 aromatic heterocycles. The average molecular weight is 405 g/mol. The molecule has 0 bridgehead atoms. The lowest BCUT2D eigenvalue weighted by molar-refractivity contribution is -0.272. The van der Waals surface area contributed by atoms with Gasteiger partial charge in [-0.05, 0) is 26.7 Å². The number of nitrogens with one attached hydrogen (secondary N) is 1. The third-order valence-electron chi connectivity index (χ3n) is 4.87. The fourth-order valence-corrected chi connectivity index (χ4v) is 3.36. The standard InChI is InChI=1S/C18H30F3N5O2/c1-4-22-16(26-11-6-14(7-12-26)28-5-2)24-9-8-17(27,18(19,20)21)15-23-10-13-25(15)3/h10,13-14,27H,4-9,11-12H2,1-3H3,(H,22,24). The number of aryl methyl sites for hydroxylation is 1. The number of likely N-dealkylation sites (tertiary alicyclic amines) is 1. The van der Waals surface area contributed by atoms with Crippen molar-refractivity contribution in [3.8, 4) is 0 Å². The number of imidazole rings is 1. The highest BCUT2D eigenvalue weighted by atomic mass is 19.4. The smallest absolute Gasteiger partial charge is 0.378 e. The molecule has 1 aromatic rings. The van der Waals surface area contributed by atoms with Crippen LogP contribution in [0.5, 0.6) is 0 Å². The van der Waals surface area contributed by atoms with Crippen molar-refractivity contribution in [1.29, 1.82) is 0 Å². The predicted molar refractivity (Wildman–Crippen MR) is 100.0 cm³/mol. The third-order valence-corrected chi connectivity index (χ3v) is 4.87. The number of aliphatic hydroxyl groups is 1. The number of aliphatic imine (C=N–C) groups is 1. The first-order valence-corrected chi connectivity index (χ1v) is 9.64. The van der Waals surface area contributed by atoms with Crippen molar-refractivity contribution >= 4 is 5.96 Å². The minimum atomic E-state index is -4.85. The van der Waals surface area contributed by atoms with Crippen LogP contribution in [0.1, 0.15) is 38.9 Å².